The average Bonchev–Trinajstić information content (AvgIpc) is 2.57. The van der Waals surface area contributed by atoms with E-state index in [9.17, 15) is 4.79 Å². The Kier molecular flexibility index (Phi) is 21.4. The van der Waals surface area contributed by atoms with Crippen LogP contribution in [0.15, 0.2) is 0 Å². The molecule has 0 aromatic heterocycles. The van der Waals surface area contributed by atoms with Crippen molar-refractivity contribution in [1.29, 1.82) is 0 Å². The van der Waals surface area contributed by atoms with Crippen LogP contribution in [0.25, 0.3) is 0 Å². The Morgan fingerprint density at radius 3 is 1.41 bits per heavy atom. The van der Waals surface area contributed by atoms with Crippen molar-refractivity contribution >= 4 is 5.97 Å². The molecule has 0 aliphatic carbocycles. The van der Waals surface area contributed by atoms with Gasteiger partial charge in [0.15, 0.2) is 0 Å². The van der Waals surface area contributed by atoms with E-state index in [2.05, 4.69) is 28.1 Å². The Hall–Kier alpha value is -0.570. The zero-order valence-electron chi connectivity index (χ0n) is 18.5. The maximum Gasteiger partial charge on any atom is 0.305 e. The molecule has 0 rings (SSSR count). The van der Waals surface area contributed by atoms with Gasteiger partial charge in [-0.3, -0.25) is 4.79 Å². The molecule has 0 spiro atoms. The van der Waals surface area contributed by atoms with Gasteiger partial charge in [-0.05, 0) is 6.42 Å². The summed E-state index contributed by atoms with van der Waals surface area (Å²) < 4.78 is 6.12. The van der Waals surface area contributed by atoms with Crippen molar-refractivity contribution < 1.29 is 14.0 Å². The molecule has 0 amide bonds. The van der Waals surface area contributed by atoms with Crippen LogP contribution in [0, 0.1) is 0 Å². The number of hydrogen-bond acceptors (Lipinski definition) is 2. The molecule has 27 heavy (non-hydrogen) atoms. The van der Waals surface area contributed by atoms with Crippen molar-refractivity contribution in [3.05, 3.63) is 0 Å². The molecular formula is C24H52NO2+. The van der Waals surface area contributed by atoms with Crippen molar-refractivity contribution in [2.75, 3.05) is 34.3 Å². The van der Waals surface area contributed by atoms with Crippen molar-refractivity contribution in [3.63, 3.8) is 0 Å². The third-order valence-corrected chi connectivity index (χ3v) is 5.01. The lowest BCUT2D eigenvalue weighted by molar-refractivity contribution is -0.870. The molecule has 0 aromatic rings. The number of quaternary nitrogens is 1. The number of carbonyl (C=O) groups excluding carboxylic acids is 1. The lowest BCUT2D eigenvalue weighted by Crippen LogP contribution is -2.37. The highest BCUT2D eigenvalue weighted by atomic mass is 16.5. The van der Waals surface area contributed by atoms with Crippen LogP contribution < -0.4 is 0 Å². The van der Waals surface area contributed by atoms with E-state index in [-0.39, 0.29) is 13.4 Å². The predicted molar refractivity (Wildman–Crippen MR) is 120 cm³/mol. The van der Waals surface area contributed by atoms with E-state index >= 15 is 0 Å². The molecule has 0 radical (unpaired) electrons. The summed E-state index contributed by atoms with van der Waals surface area (Å²) in [6.45, 7) is 3.70. The maximum atomic E-state index is 11.6. The summed E-state index contributed by atoms with van der Waals surface area (Å²) in [6, 6.07) is 0. The van der Waals surface area contributed by atoms with Crippen LogP contribution in [-0.4, -0.2) is 44.7 Å². The largest absolute Gasteiger partial charge is 0.460 e. The highest BCUT2D eigenvalue weighted by molar-refractivity contribution is 5.69. The molecule has 0 unspecified atom stereocenters. The number of hydrogen-bond donors (Lipinski definition) is 0. The SMILES string of the molecule is C.CCCCCCCCCCCCCCCCCC(=O)OCC[N+](C)(C)C. The zero-order chi connectivity index (χ0) is 19.5. The zero-order valence-corrected chi connectivity index (χ0v) is 18.5. The van der Waals surface area contributed by atoms with Gasteiger partial charge in [-0.25, -0.2) is 0 Å². The molecule has 164 valence electrons. The highest BCUT2D eigenvalue weighted by Crippen LogP contribution is 2.13. The van der Waals surface area contributed by atoms with Crippen molar-refractivity contribution in [2.24, 2.45) is 0 Å². The highest BCUT2D eigenvalue weighted by Gasteiger charge is 2.09. The van der Waals surface area contributed by atoms with Gasteiger partial charge in [-0.1, -0.05) is 104 Å². The van der Waals surface area contributed by atoms with E-state index in [0.29, 0.717) is 13.0 Å². The van der Waals surface area contributed by atoms with Gasteiger partial charge >= 0.3 is 5.97 Å². The summed E-state index contributed by atoms with van der Waals surface area (Å²) in [5.74, 6) is -0.0202. The van der Waals surface area contributed by atoms with Gasteiger partial charge in [0.1, 0.15) is 13.2 Å². The van der Waals surface area contributed by atoms with E-state index in [1.165, 1.54) is 89.9 Å². The fraction of sp³-hybridized carbons (Fsp3) is 0.958. The number of unbranched alkanes of at least 4 members (excludes halogenated alkanes) is 14. The van der Waals surface area contributed by atoms with Crippen LogP contribution in [0.2, 0.25) is 0 Å². The summed E-state index contributed by atoms with van der Waals surface area (Å²) >= 11 is 0. The van der Waals surface area contributed by atoms with Gasteiger partial charge in [0.05, 0.1) is 21.1 Å². The second kappa shape index (κ2) is 20.2. The fourth-order valence-electron chi connectivity index (χ4n) is 3.15. The first-order valence-corrected chi connectivity index (χ1v) is 11.4. The Labute approximate surface area is 171 Å². The summed E-state index contributed by atoms with van der Waals surface area (Å²) in [7, 11) is 6.34. The third kappa shape index (κ3) is 25.4. The van der Waals surface area contributed by atoms with Crippen LogP contribution in [0.4, 0.5) is 0 Å². The first-order chi connectivity index (χ1) is 12.5. The van der Waals surface area contributed by atoms with Crippen LogP contribution in [-0.2, 0) is 9.53 Å². The molecule has 0 aliphatic rings. The topological polar surface area (TPSA) is 26.3 Å². The monoisotopic (exact) mass is 386 g/mol. The Morgan fingerprint density at radius 2 is 1.04 bits per heavy atom. The lowest BCUT2D eigenvalue weighted by Gasteiger charge is -2.23. The van der Waals surface area contributed by atoms with Gasteiger partial charge in [-0.15, -0.1) is 0 Å². The Morgan fingerprint density at radius 1 is 0.667 bits per heavy atom. The van der Waals surface area contributed by atoms with E-state index in [1.807, 2.05) is 0 Å². The first-order valence-electron chi connectivity index (χ1n) is 11.4. The second-order valence-corrected chi connectivity index (χ2v) is 8.93. The third-order valence-electron chi connectivity index (χ3n) is 5.01. The van der Waals surface area contributed by atoms with Gasteiger partial charge in [0, 0.05) is 6.42 Å². The van der Waals surface area contributed by atoms with Crippen LogP contribution in [0.1, 0.15) is 117 Å². The number of likely N-dealkylation sites (N-methyl/N-ethyl adjacent to an activating group) is 1. The Balaban J connectivity index is 0. The molecule has 0 N–H and O–H groups in total. The van der Waals surface area contributed by atoms with Crippen LogP contribution >= 0.6 is 0 Å². The van der Waals surface area contributed by atoms with E-state index < -0.39 is 0 Å². The minimum absolute atomic E-state index is 0. The number of rotatable bonds is 19. The summed E-state index contributed by atoms with van der Waals surface area (Å²) in [5.41, 5.74) is 0. The first kappa shape index (κ1) is 28.6. The number of nitrogens with zero attached hydrogens (tertiary/aromatic N) is 1. The molecule has 0 aliphatic heterocycles. The van der Waals surface area contributed by atoms with Crippen LogP contribution in [0.5, 0.6) is 0 Å². The van der Waals surface area contributed by atoms with E-state index in [0.717, 1.165) is 17.4 Å². The van der Waals surface area contributed by atoms with Gasteiger partial charge in [0.25, 0.3) is 0 Å². The minimum atomic E-state index is -0.0202. The fourth-order valence-corrected chi connectivity index (χ4v) is 3.15. The molecular weight excluding hydrogens is 334 g/mol. The lowest BCUT2D eigenvalue weighted by atomic mass is 10.0. The van der Waals surface area contributed by atoms with E-state index in [4.69, 9.17) is 4.74 Å². The number of ether oxygens (including phenoxy) is 1. The maximum absolute atomic E-state index is 11.6. The molecule has 0 fully saturated rings. The molecule has 3 nitrogen and oxygen atoms in total. The average molecular weight is 387 g/mol. The quantitative estimate of drug-likeness (QED) is 0.134. The molecule has 3 heteroatoms. The van der Waals surface area contributed by atoms with Crippen molar-refractivity contribution in [2.45, 2.75) is 117 Å². The van der Waals surface area contributed by atoms with Gasteiger partial charge < -0.3 is 9.22 Å². The summed E-state index contributed by atoms with van der Waals surface area (Å²) in [5, 5.41) is 0. The smallest absolute Gasteiger partial charge is 0.305 e. The number of esters is 1. The normalized spacial score (nSPS) is 11.3. The van der Waals surface area contributed by atoms with Crippen LogP contribution in [0.3, 0.4) is 0 Å². The van der Waals surface area contributed by atoms with Crippen molar-refractivity contribution in [3.8, 4) is 0 Å². The van der Waals surface area contributed by atoms with Gasteiger partial charge in [-0.2, -0.15) is 0 Å². The predicted octanol–water partition coefficient (Wildman–Crippen LogP) is 7.13. The standard InChI is InChI=1S/C23H48NO2.CH4/c1-5-6-7-8-9-10-11-12-13-14-15-16-17-18-19-20-23(25)26-22-21-24(2,3)4;/h5-22H2,1-4H3;1H4/q+1;. The second-order valence-electron chi connectivity index (χ2n) is 8.93. The molecule has 0 heterocycles. The molecule has 0 bridgehead atoms. The minimum Gasteiger partial charge on any atom is -0.460 e. The molecule has 0 saturated heterocycles. The molecule has 0 saturated carbocycles. The Bertz CT molecular complexity index is 310. The molecule has 0 atom stereocenters. The summed E-state index contributed by atoms with van der Waals surface area (Å²) in [6.07, 6.45) is 20.9. The van der Waals surface area contributed by atoms with E-state index in [1.54, 1.807) is 0 Å². The van der Waals surface area contributed by atoms with Gasteiger partial charge in [0.2, 0.25) is 0 Å². The van der Waals surface area contributed by atoms with Crippen molar-refractivity contribution in [1.82, 2.24) is 0 Å². The molecule has 0 aromatic carbocycles. The summed E-state index contributed by atoms with van der Waals surface area (Å²) in [4.78, 5) is 11.6. The number of carbonyl (C=O) groups is 1.